The summed E-state index contributed by atoms with van der Waals surface area (Å²) in [6.07, 6.45) is 5.12. The van der Waals surface area contributed by atoms with Gasteiger partial charge in [0.05, 0.1) is 19.0 Å². The van der Waals surface area contributed by atoms with Crippen LogP contribution in [0.4, 0.5) is 8.78 Å². The summed E-state index contributed by atoms with van der Waals surface area (Å²) in [6, 6.07) is 2.49. The Morgan fingerprint density at radius 3 is 2.41 bits per heavy atom. The number of hydrogen-bond donors (Lipinski definition) is 0. The van der Waals surface area contributed by atoms with Crippen molar-refractivity contribution in [2.24, 2.45) is 7.05 Å². The molecule has 0 unspecified atom stereocenters. The van der Waals surface area contributed by atoms with E-state index in [-0.39, 0.29) is 30.3 Å². The molecular weight excluding hydrogens is 382 g/mol. The zero-order chi connectivity index (χ0) is 21.0. The van der Waals surface area contributed by atoms with Crippen molar-refractivity contribution in [1.82, 2.24) is 19.5 Å². The van der Waals surface area contributed by atoms with Crippen LogP contribution in [0.3, 0.4) is 0 Å². The minimum absolute atomic E-state index is 0.0939. The second-order valence-corrected chi connectivity index (χ2v) is 6.37. The van der Waals surface area contributed by atoms with Gasteiger partial charge in [-0.2, -0.15) is 4.98 Å². The second kappa shape index (κ2) is 8.76. The van der Waals surface area contributed by atoms with E-state index in [1.54, 1.807) is 24.7 Å². The maximum atomic E-state index is 14.3. The van der Waals surface area contributed by atoms with Gasteiger partial charge in [0.15, 0.2) is 23.1 Å². The molecule has 2 aromatic heterocycles. The molecule has 0 spiro atoms. The predicted molar refractivity (Wildman–Crippen MR) is 101 cm³/mol. The van der Waals surface area contributed by atoms with Gasteiger partial charge >= 0.3 is 0 Å². The van der Waals surface area contributed by atoms with Crippen LogP contribution in [-0.2, 0) is 19.9 Å². The lowest BCUT2D eigenvalue weighted by Gasteiger charge is -2.12. The maximum absolute atomic E-state index is 14.3. The van der Waals surface area contributed by atoms with E-state index in [2.05, 4.69) is 15.0 Å². The summed E-state index contributed by atoms with van der Waals surface area (Å²) in [5.41, 5.74) is 0.612. The highest BCUT2D eigenvalue weighted by atomic mass is 19.1. The van der Waals surface area contributed by atoms with Crippen molar-refractivity contribution in [3.8, 4) is 17.5 Å². The molecule has 2 heterocycles. The molecule has 0 aliphatic rings. The molecule has 29 heavy (non-hydrogen) atoms. The Hall–Kier alpha value is -3.36. The Labute approximate surface area is 166 Å². The molecule has 0 amide bonds. The van der Waals surface area contributed by atoms with E-state index in [0.29, 0.717) is 23.4 Å². The van der Waals surface area contributed by atoms with Crippen molar-refractivity contribution in [3.63, 3.8) is 0 Å². The SMILES string of the molecule is CCc1cn(C)c(OCCc2cc(F)c(Oc3cnc(C)nc3)c(F)c2)nc1=O. The molecule has 0 fully saturated rings. The van der Waals surface area contributed by atoms with Gasteiger partial charge in [-0.1, -0.05) is 6.92 Å². The molecular formula is C20H20F2N4O3. The molecule has 0 bridgehead atoms. The molecule has 1 aromatic carbocycles. The number of rotatable bonds is 7. The van der Waals surface area contributed by atoms with E-state index in [1.165, 1.54) is 24.5 Å². The van der Waals surface area contributed by atoms with Crippen LogP contribution >= 0.6 is 0 Å². The van der Waals surface area contributed by atoms with E-state index in [0.717, 1.165) is 0 Å². The molecule has 0 N–H and O–H groups in total. The maximum Gasteiger partial charge on any atom is 0.299 e. The van der Waals surface area contributed by atoms with Gasteiger partial charge in [0.1, 0.15) is 5.82 Å². The van der Waals surface area contributed by atoms with Gasteiger partial charge in [-0.25, -0.2) is 18.7 Å². The summed E-state index contributed by atoms with van der Waals surface area (Å²) in [7, 11) is 1.71. The van der Waals surface area contributed by atoms with E-state index < -0.39 is 17.4 Å². The Morgan fingerprint density at radius 1 is 1.14 bits per heavy atom. The first-order valence-corrected chi connectivity index (χ1v) is 9.01. The van der Waals surface area contributed by atoms with Crippen molar-refractivity contribution in [3.05, 3.63) is 69.7 Å². The predicted octanol–water partition coefficient (Wildman–Crippen LogP) is 3.13. The zero-order valence-electron chi connectivity index (χ0n) is 16.3. The monoisotopic (exact) mass is 402 g/mol. The van der Waals surface area contributed by atoms with Gasteiger partial charge in [0.25, 0.3) is 11.6 Å². The van der Waals surface area contributed by atoms with Crippen LogP contribution in [0.2, 0.25) is 0 Å². The van der Waals surface area contributed by atoms with E-state index >= 15 is 0 Å². The Morgan fingerprint density at radius 2 is 1.79 bits per heavy atom. The summed E-state index contributed by atoms with van der Waals surface area (Å²) in [5.74, 6) is -1.57. The molecule has 7 nitrogen and oxygen atoms in total. The van der Waals surface area contributed by atoms with Crippen molar-refractivity contribution in [2.45, 2.75) is 26.7 Å². The number of nitrogens with zero attached hydrogens (tertiary/aromatic N) is 4. The number of halogens is 2. The molecule has 0 radical (unpaired) electrons. The molecule has 3 aromatic rings. The lowest BCUT2D eigenvalue weighted by molar-refractivity contribution is 0.280. The fourth-order valence-corrected chi connectivity index (χ4v) is 2.62. The Balaban J connectivity index is 1.67. The van der Waals surface area contributed by atoms with Crippen molar-refractivity contribution < 1.29 is 18.3 Å². The van der Waals surface area contributed by atoms with Crippen LogP contribution in [0.25, 0.3) is 0 Å². The summed E-state index contributed by atoms with van der Waals surface area (Å²) >= 11 is 0. The van der Waals surface area contributed by atoms with Gasteiger partial charge in [0, 0.05) is 25.2 Å². The van der Waals surface area contributed by atoms with E-state index in [4.69, 9.17) is 9.47 Å². The summed E-state index contributed by atoms with van der Waals surface area (Å²) in [4.78, 5) is 23.5. The third kappa shape index (κ3) is 4.92. The Bertz CT molecular complexity index is 1050. The standard InChI is InChI=1S/C20H20F2N4O3/c1-4-14-11-26(3)20(25-19(14)27)28-6-5-13-7-16(21)18(17(22)8-13)29-15-9-23-12(2)24-10-15/h7-11H,4-6H2,1-3H3. The summed E-state index contributed by atoms with van der Waals surface area (Å²) < 4.78 is 41.0. The second-order valence-electron chi connectivity index (χ2n) is 6.37. The smallest absolute Gasteiger partial charge is 0.299 e. The van der Waals surface area contributed by atoms with Crippen LogP contribution in [0.5, 0.6) is 17.5 Å². The molecule has 0 saturated heterocycles. The highest BCUT2D eigenvalue weighted by Gasteiger charge is 2.15. The van der Waals surface area contributed by atoms with Gasteiger partial charge in [0.2, 0.25) is 0 Å². The normalized spacial score (nSPS) is 10.8. The quantitative estimate of drug-likeness (QED) is 0.604. The molecule has 0 atom stereocenters. The fraction of sp³-hybridized carbons (Fsp3) is 0.300. The highest BCUT2D eigenvalue weighted by Crippen LogP contribution is 2.28. The number of aromatic nitrogens is 4. The lowest BCUT2D eigenvalue weighted by Crippen LogP contribution is -2.19. The average Bonchev–Trinajstić information content (AvgIpc) is 2.68. The van der Waals surface area contributed by atoms with Crippen LogP contribution in [-0.4, -0.2) is 26.1 Å². The van der Waals surface area contributed by atoms with Gasteiger partial charge < -0.3 is 14.0 Å². The molecule has 9 heteroatoms. The molecule has 0 aliphatic carbocycles. The summed E-state index contributed by atoms with van der Waals surface area (Å²) in [5, 5.41) is 0. The van der Waals surface area contributed by atoms with Crippen LogP contribution in [0.15, 0.2) is 35.5 Å². The largest absolute Gasteiger partial charge is 0.464 e. The van der Waals surface area contributed by atoms with Crippen molar-refractivity contribution in [1.29, 1.82) is 0 Å². The number of ether oxygens (including phenoxy) is 2. The van der Waals surface area contributed by atoms with Gasteiger partial charge in [-0.15, -0.1) is 0 Å². The Kier molecular flexibility index (Phi) is 6.16. The first kappa shape index (κ1) is 20.4. The first-order valence-electron chi connectivity index (χ1n) is 9.01. The van der Waals surface area contributed by atoms with Gasteiger partial charge in [-0.3, -0.25) is 4.79 Å². The minimum Gasteiger partial charge on any atom is -0.464 e. The molecule has 3 rings (SSSR count). The van der Waals surface area contributed by atoms with Crippen LogP contribution < -0.4 is 15.0 Å². The fourth-order valence-electron chi connectivity index (χ4n) is 2.62. The average molecular weight is 402 g/mol. The van der Waals surface area contributed by atoms with Crippen molar-refractivity contribution >= 4 is 0 Å². The highest BCUT2D eigenvalue weighted by molar-refractivity contribution is 5.34. The van der Waals surface area contributed by atoms with E-state index in [1.807, 2.05) is 6.92 Å². The van der Waals surface area contributed by atoms with Crippen LogP contribution in [0, 0.1) is 18.6 Å². The third-order valence-electron chi connectivity index (χ3n) is 4.16. The molecule has 0 aliphatic heterocycles. The van der Waals surface area contributed by atoms with Crippen LogP contribution in [0.1, 0.15) is 23.9 Å². The third-order valence-corrected chi connectivity index (χ3v) is 4.16. The topological polar surface area (TPSA) is 79.1 Å². The minimum atomic E-state index is -0.849. The lowest BCUT2D eigenvalue weighted by atomic mass is 10.1. The molecule has 152 valence electrons. The van der Waals surface area contributed by atoms with Gasteiger partial charge in [-0.05, 0) is 31.0 Å². The number of benzene rings is 1. The summed E-state index contributed by atoms with van der Waals surface area (Å²) in [6.45, 7) is 3.64. The number of aryl methyl sites for hydroxylation is 3. The molecule has 0 saturated carbocycles. The zero-order valence-corrected chi connectivity index (χ0v) is 16.3. The first-order chi connectivity index (χ1) is 13.9. The van der Waals surface area contributed by atoms with E-state index in [9.17, 15) is 13.6 Å². The number of hydrogen-bond acceptors (Lipinski definition) is 6. The van der Waals surface area contributed by atoms with Crippen molar-refractivity contribution in [2.75, 3.05) is 6.61 Å².